The van der Waals surface area contributed by atoms with Crippen LogP contribution in [0, 0.1) is 6.92 Å². The lowest BCUT2D eigenvalue weighted by Gasteiger charge is -2.19. The van der Waals surface area contributed by atoms with Crippen molar-refractivity contribution in [2.24, 2.45) is 0 Å². The van der Waals surface area contributed by atoms with Crippen LogP contribution in [0.2, 0.25) is 0 Å². The Morgan fingerprint density at radius 2 is 2.11 bits per heavy atom. The lowest BCUT2D eigenvalue weighted by Crippen LogP contribution is -2.23. The molecule has 0 saturated heterocycles. The minimum Gasteiger partial charge on any atom is -0.490 e. The van der Waals surface area contributed by atoms with Crippen molar-refractivity contribution in [2.45, 2.75) is 39.3 Å². The molecule has 0 aliphatic rings. The van der Waals surface area contributed by atoms with E-state index in [2.05, 4.69) is 25.2 Å². The predicted molar refractivity (Wildman–Crippen MR) is 76.5 cm³/mol. The van der Waals surface area contributed by atoms with Gasteiger partial charge in [-0.2, -0.15) is 0 Å². The maximum Gasteiger partial charge on any atom is 0.124 e. The number of benzene rings is 1. The molecule has 0 aliphatic heterocycles. The molecule has 4 heteroatoms. The number of aliphatic hydroxyl groups excluding tert-OH is 2. The third-order valence-corrected chi connectivity index (χ3v) is 2.98. The Bertz CT molecular complexity index is 382. The molecule has 108 valence electrons. The molecule has 0 spiro atoms. The summed E-state index contributed by atoms with van der Waals surface area (Å²) in [6, 6.07) is 6.25. The molecule has 2 atom stereocenters. The molecular weight excluding hydrogens is 242 g/mol. The van der Waals surface area contributed by atoms with Gasteiger partial charge in [-0.15, -0.1) is 0 Å². The highest BCUT2D eigenvalue weighted by Gasteiger charge is 2.12. The number of hydrogen-bond donors (Lipinski definition) is 3. The molecular formula is C15H25NO3. The molecule has 4 nitrogen and oxygen atoms in total. The third-order valence-electron chi connectivity index (χ3n) is 2.98. The number of nitrogens with one attached hydrogen (secondary N) is 1. The van der Waals surface area contributed by atoms with Crippen LogP contribution in [0.5, 0.6) is 5.75 Å². The van der Waals surface area contributed by atoms with Crippen LogP contribution in [0.4, 0.5) is 0 Å². The zero-order valence-electron chi connectivity index (χ0n) is 12.0. The van der Waals surface area contributed by atoms with Gasteiger partial charge >= 0.3 is 0 Å². The van der Waals surface area contributed by atoms with E-state index in [1.54, 1.807) is 0 Å². The molecule has 0 radical (unpaired) electrons. The Hall–Kier alpha value is -1.10. The highest BCUT2D eigenvalue weighted by Crippen LogP contribution is 2.26. The van der Waals surface area contributed by atoms with Crippen molar-refractivity contribution in [3.05, 3.63) is 29.3 Å². The van der Waals surface area contributed by atoms with Gasteiger partial charge in [0.25, 0.3) is 0 Å². The summed E-state index contributed by atoms with van der Waals surface area (Å²) in [6.07, 6.45) is 0.238. The SMILES string of the molecule is CCCNC(C)c1ccc(C)cc1OCC(O)CO. The van der Waals surface area contributed by atoms with Crippen molar-refractivity contribution < 1.29 is 14.9 Å². The second kappa shape index (κ2) is 8.15. The Balaban J connectivity index is 2.78. The van der Waals surface area contributed by atoms with Crippen LogP contribution in [0.3, 0.4) is 0 Å². The van der Waals surface area contributed by atoms with Gasteiger partial charge in [-0.05, 0) is 38.4 Å². The molecule has 19 heavy (non-hydrogen) atoms. The van der Waals surface area contributed by atoms with Gasteiger partial charge in [0.2, 0.25) is 0 Å². The lowest BCUT2D eigenvalue weighted by molar-refractivity contribution is 0.0531. The van der Waals surface area contributed by atoms with Crippen LogP contribution in [0.1, 0.15) is 37.4 Å². The van der Waals surface area contributed by atoms with E-state index in [0.717, 1.165) is 29.8 Å². The minimum absolute atomic E-state index is 0.105. The maximum absolute atomic E-state index is 9.37. The van der Waals surface area contributed by atoms with Gasteiger partial charge in [-0.3, -0.25) is 0 Å². The molecule has 0 aromatic heterocycles. The minimum atomic E-state index is -0.840. The Morgan fingerprint density at radius 1 is 1.37 bits per heavy atom. The number of rotatable bonds is 8. The number of hydrogen-bond acceptors (Lipinski definition) is 4. The Kier molecular flexibility index (Phi) is 6.84. The molecule has 0 fully saturated rings. The molecule has 3 N–H and O–H groups in total. The first kappa shape index (κ1) is 16.0. The summed E-state index contributed by atoms with van der Waals surface area (Å²) in [6.45, 7) is 6.99. The highest BCUT2D eigenvalue weighted by molar-refractivity contribution is 5.39. The summed E-state index contributed by atoms with van der Waals surface area (Å²) in [7, 11) is 0. The zero-order valence-corrected chi connectivity index (χ0v) is 12.0. The van der Waals surface area contributed by atoms with E-state index in [9.17, 15) is 5.11 Å². The molecule has 0 aliphatic carbocycles. The van der Waals surface area contributed by atoms with Crippen molar-refractivity contribution in [3.63, 3.8) is 0 Å². The van der Waals surface area contributed by atoms with E-state index >= 15 is 0 Å². The van der Waals surface area contributed by atoms with Gasteiger partial charge in [-0.1, -0.05) is 19.1 Å². The van der Waals surface area contributed by atoms with Crippen molar-refractivity contribution in [2.75, 3.05) is 19.8 Å². The fourth-order valence-corrected chi connectivity index (χ4v) is 1.83. The van der Waals surface area contributed by atoms with Crippen LogP contribution in [0.25, 0.3) is 0 Å². The topological polar surface area (TPSA) is 61.7 Å². The van der Waals surface area contributed by atoms with Crippen LogP contribution in [0.15, 0.2) is 18.2 Å². The van der Waals surface area contributed by atoms with Gasteiger partial charge < -0.3 is 20.3 Å². The molecule has 0 amide bonds. The molecule has 1 aromatic carbocycles. The van der Waals surface area contributed by atoms with Gasteiger partial charge in [0.15, 0.2) is 0 Å². The second-order valence-electron chi connectivity index (χ2n) is 4.86. The summed E-state index contributed by atoms with van der Waals surface area (Å²) < 4.78 is 5.62. The van der Waals surface area contributed by atoms with Crippen molar-refractivity contribution in [1.82, 2.24) is 5.32 Å². The van der Waals surface area contributed by atoms with Gasteiger partial charge in [0.05, 0.1) is 6.61 Å². The smallest absolute Gasteiger partial charge is 0.124 e. The number of aryl methyl sites for hydroxylation is 1. The third kappa shape index (κ3) is 5.19. The van der Waals surface area contributed by atoms with Crippen LogP contribution >= 0.6 is 0 Å². The second-order valence-corrected chi connectivity index (χ2v) is 4.86. The summed E-state index contributed by atoms with van der Waals surface area (Å²) >= 11 is 0. The lowest BCUT2D eigenvalue weighted by atomic mass is 10.0. The Labute approximate surface area is 115 Å². The highest BCUT2D eigenvalue weighted by atomic mass is 16.5. The Morgan fingerprint density at radius 3 is 2.74 bits per heavy atom. The predicted octanol–water partition coefficient (Wildman–Crippen LogP) is 1.79. The van der Waals surface area contributed by atoms with Crippen molar-refractivity contribution >= 4 is 0 Å². The first-order chi connectivity index (χ1) is 9.08. The van der Waals surface area contributed by atoms with E-state index in [4.69, 9.17) is 9.84 Å². The van der Waals surface area contributed by atoms with Crippen molar-refractivity contribution in [3.8, 4) is 5.75 Å². The zero-order chi connectivity index (χ0) is 14.3. The van der Waals surface area contributed by atoms with Crippen LogP contribution < -0.4 is 10.1 Å². The van der Waals surface area contributed by atoms with Crippen LogP contribution in [-0.4, -0.2) is 36.1 Å². The average Bonchev–Trinajstić information content (AvgIpc) is 2.42. The van der Waals surface area contributed by atoms with Gasteiger partial charge in [0, 0.05) is 11.6 Å². The molecule has 2 unspecified atom stereocenters. The van der Waals surface area contributed by atoms with Crippen LogP contribution in [-0.2, 0) is 0 Å². The molecule has 0 heterocycles. The molecule has 0 bridgehead atoms. The average molecular weight is 267 g/mol. The molecule has 1 rings (SSSR count). The first-order valence-corrected chi connectivity index (χ1v) is 6.84. The quantitative estimate of drug-likeness (QED) is 0.672. The largest absolute Gasteiger partial charge is 0.490 e. The summed E-state index contributed by atoms with van der Waals surface area (Å²) in [5, 5.41) is 21.6. The van der Waals surface area contributed by atoms with E-state index < -0.39 is 6.10 Å². The number of ether oxygens (including phenoxy) is 1. The summed E-state index contributed by atoms with van der Waals surface area (Å²) in [5.41, 5.74) is 2.18. The monoisotopic (exact) mass is 267 g/mol. The number of aliphatic hydroxyl groups is 2. The summed E-state index contributed by atoms with van der Waals surface area (Å²) in [5.74, 6) is 0.767. The van der Waals surface area contributed by atoms with E-state index in [0.29, 0.717) is 0 Å². The standard InChI is InChI=1S/C15H25NO3/c1-4-7-16-12(3)14-6-5-11(2)8-15(14)19-10-13(18)9-17/h5-6,8,12-13,16-18H,4,7,9-10H2,1-3H3. The van der Waals surface area contributed by atoms with Crippen molar-refractivity contribution in [1.29, 1.82) is 0 Å². The molecule has 0 saturated carbocycles. The first-order valence-electron chi connectivity index (χ1n) is 6.84. The van der Waals surface area contributed by atoms with E-state index in [1.165, 1.54) is 0 Å². The van der Waals surface area contributed by atoms with E-state index in [-0.39, 0.29) is 19.3 Å². The summed E-state index contributed by atoms with van der Waals surface area (Å²) in [4.78, 5) is 0. The van der Waals surface area contributed by atoms with Gasteiger partial charge in [-0.25, -0.2) is 0 Å². The molecule has 1 aromatic rings. The van der Waals surface area contributed by atoms with E-state index in [1.807, 2.05) is 19.1 Å². The maximum atomic E-state index is 9.37. The fourth-order valence-electron chi connectivity index (χ4n) is 1.83. The van der Waals surface area contributed by atoms with Gasteiger partial charge in [0.1, 0.15) is 18.5 Å². The fraction of sp³-hybridized carbons (Fsp3) is 0.600. The normalized spacial score (nSPS) is 14.2.